The molecule has 7 heteroatoms. The number of alkyl carbamates (subject to hydrolysis) is 1. The second-order valence-electron chi connectivity index (χ2n) is 7.82. The maximum absolute atomic E-state index is 13.8. The highest BCUT2D eigenvalue weighted by Gasteiger charge is 2.22. The predicted molar refractivity (Wildman–Crippen MR) is 109 cm³/mol. The molecule has 1 aliphatic rings. The van der Waals surface area contributed by atoms with Crippen molar-refractivity contribution in [3.63, 3.8) is 0 Å². The Morgan fingerprint density at radius 1 is 1.24 bits per heavy atom. The minimum Gasteiger partial charge on any atom is -0.444 e. The number of fused-ring (bicyclic) bond motifs is 4. The summed E-state index contributed by atoms with van der Waals surface area (Å²) in [6.45, 7) is 5.38. The first-order valence-corrected chi connectivity index (χ1v) is 9.41. The quantitative estimate of drug-likeness (QED) is 0.681. The molecule has 0 saturated carbocycles. The Bertz CT molecular complexity index is 951. The number of carbonyl (C=O) groups excluding carboxylic acids is 2. The first-order valence-electron chi connectivity index (χ1n) is 9.41. The van der Waals surface area contributed by atoms with Crippen LogP contribution in [0.15, 0.2) is 48.7 Å². The van der Waals surface area contributed by atoms with Crippen LogP contribution >= 0.6 is 0 Å². The fourth-order valence-corrected chi connectivity index (χ4v) is 3.01. The number of carbonyl (C=O) groups is 2. The van der Waals surface area contributed by atoms with E-state index in [1.54, 1.807) is 45.2 Å². The Kier molecular flexibility index (Phi) is 5.96. The van der Waals surface area contributed by atoms with Crippen LogP contribution in [-0.4, -0.2) is 22.6 Å². The van der Waals surface area contributed by atoms with Crippen molar-refractivity contribution in [3.05, 3.63) is 60.2 Å². The average Bonchev–Trinajstić information content (AvgIpc) is 2.62. The van der Waals surface area contributed by atoms with Crippen molar-refractivity contribution in [2.45, 2.75) is 45.3 Å². The SMILES string of the molecule is CC(C)(C)OC(=O)N[C@H]1CC=CCC(=O)Nc2cc(F)ccc2-c2ccnc1c2. The molecule has 6 nitrogen and oxygen atoms in total. The Morgan fingerprint density at radius 3 is 2.79 bits per heavy atom. The standard InChI is InChI=1S/C22H24FN3O3/c1-22(2,3)29-21(28)26-17-6-4-5-7-20(27)25-18-13-15(23)8-9-16(18)14-10-11-24-19(17)12-14/h4-5,8-13,17H,6-7H2,1-3H3,(H,25,27)(H,26,28)/t17-/m0/s1. The van der Waals surface area contributed by atoms with Crippen LogP contribution in [0.4, 0.5) is 14.9 Å². The number of pyridine rings is 1. The molecule has 0 saturated heterocycles. The molecular formula is C22H24FN3O3. The minimum absolute atomic E-state index is 0.135. The van der Waals surface area contributed by atoms with Gasteiger partial charge in [0.15, 0.2) is 0 Å². The summed E-state index contributed by atoms with van der Waals surface area (Å²) in [7, 11) is 0. The van der Waals surface area contributed by atoms with Gasteiger partial charge < -0.3 is 15.4 Å². The second kappa shape index (κ2) is 8.43. The fraction of sp³-hybridized carbons (Fsp3) is 0.318. The molecule has 29 heavy (non-hydrogen) atoms. The number of hydrogen-bond donors (Lipinski definition) is 2. The van der Waals surface area contributed by atoms with Crippen LogP contribution in [0.2, 0.25) is 0 Å². The molecule has 2 bridgehead atoms. The first kappa shape index (κ1) is 20.5. The number of nitrogens with one attached hydrogen (secondary N) is 2. The summed E-state index contributed by atoms with van der Waals surface area (Å²) in [6, 6.07) is 7.40. The van der Waals surface area contributed by atoms with Crippen LogP contribution in [-0.2, 0) is 9.53 Å². The summed E-state index contributed by atoms with van der Waals surface area (Å²) in [5.74, 6) is -0.690. The van der Waals surface area contributed by atoms with Gasteiger partial charge in [-0.1, -0.05) is 12.2 Å². The van der Waals surface area contributed by atoms with Crippen molar-refractivity contribution in [1.82, 2.24) is 10.3 Å². The van der Waals surface area contributed by atoms with E-state index in [1.165, 1.54) is 12.1 Å². The number of nitrogens with zero attached hydrogens (tertiary/aromatic N) is 1. The van der Waals surface area contributed by atoms with E-state index in [4.69, 9.17) is 4.74 Å². The van der Waals surface area contributed by atoms with E-state index in [0.717, 1.165) is 5.56 Å². The number of hydrogen-bond acceptors (Lipinski definition) is 4. The zero-order chi connectivity index (χ0) is 21.0. The van der Waals surface area contributed by atoms with Gasteiger partial charge in [-0.3, -0.25) is 9.78 Å². The zero-order valence-electron chi connectivity index (χ0n) is 16.7. The minimum atomic E-state index is -0.623. The van der Waals surface area contributed by atoms with E-state index in [9.17, 15) is 14.0 Å². The smallest absolute Gasteiger partial charge is 0.408 e. The largest absolute Gasteiger partial charge is 0.444 e. The van der Waals surface area contributed by atoms with Crippen molar-refractivity contribution < 1.29 is 18.7 Å². The summed E-state index contributed by atoms with van der Waals surface area (Å²) in [4.78, 5) is 28.9. The van der Waals surface area contributed by atoms with Gasteiger partial charge in [-0.2, -0.15) is 0 Å². The molecule has 1 aliphatic heterocycles. The molecule has 0 spiro atoms. The highest BCUT2D eigenvalue weighted by molar-refractivity contribution is 5.96. The van der Waals surface area contributed by atoms with E-state index >= 15 is 0 Å². The van der Waals surface area contributed by atoms with Crippen LogP contribution in [0, 0.1) is 5.82 Å². The van der Waals surface area contributed by atoms with E-state index in [-0.39, 0.29) is 12.3 Å². The zero-order valence-corrected chi connectivity index (χ0v) is 16.7. The van der Waals surface area contributed by atoms with E-state index < -0.39 is 23.6 Å². The third-order valence-electron chi connectivity index (χ3n) is 4.24. The number of benzene rings is 1. The van der Waals surface area contributed by atoms with Gasteiger partial charge in [0.2, 0.25) is 5.91 Å². The molecule has 0 aliphatic carbocycles. The van der Waals surface area contributed by atoms with E-state index in [2.05, 4.69) is 15.6 Å². The summed E-state index contributed by atoms with van der Waals surface area (Å²) >= 11 is 0. The molecule has 0 fully saturated rings. The molecule has 2 amide bonds. The summed E-state index contributed by atoms with van der Waals surface area (Å²) < 4.78 is 19.1. The Morgan fingerprint density at radius 2 is 2.03 bits per heavy atom. The molecule has 2 N–H and O–H groups in total. The Hall–Kier alpha value is -3.22. The van der Waals surface area contributed by atoms with Crippen LogP contribution in [0.25, 0.3) is 11.1 Å². The van der Waals surface area contributed by atoms with Crippen LogP contribution in [0.1, 0.15) is 45.3 Å². The lowest BCUT2D eigenvalue weighted by Gasteiger charge is -2.23. The first-order chi connectivity index (χ1) is 13.7. The van der Waals surface area contributed by atoms with Gasteiger partial charge in [0, 0.05) is 18.2 Å². The van der Waals surface area contributed by atoms with E-state index in [1.807, 2.05) is 12.1 Å². The second-order valence-corrected chi connectivity index (χ2v) is 7.82. The number of anilines is 1. The topological polar surface area (TPSA) is 80.3 Å². The van der Waals surface area contributed by atoms with Gasteiger partial charge in [0.25, 0.3) is 0 Å². The van der Waals surface area contributed by atoms with Gasteiger partial charge in [0.05, 0.1) is 17.4 Å². The molecule has 2 aromatic rings. The number of aromatic nitrogens is 1. The van der Waals surface area contributed by atoms with Crippen molar-refractivity contribution in [3.8, 4) is 11.1 Å². The number of halogens is 1. The molecule has 3 rings (SSSR count). The van der Waals surface area contributed by atoms with Gasteiger partial charge in [-0.15, -0.1) is 0 Å². The molecule has 1 atom stereocenters. The van der Waals surface area contributed by atoms with E-state index in [0.29, 0.717) is 23.4 Å². The molecule has 1 aromatic heterocycles. The number of amides is 2. The summed E-state index contributed by atoms with van der Waals surface area (Å²) in [6.07, 6.45) is 5.18. The molecule has 152 valence electrons. The lowest BCUT2D eigenvalue weighted by Crippen LogP contribution is -2.35. The third kappa shape index (κ3) is 5.63. The van der Waals surface area contributed by atoms with Gasteiger partial charge in [-0.05, 0) is 63.1 Å². The Balaban J connectivity index is 2.00. The lowest BCUT2D eigenvalue weighted by atomic mass is 10.00. The van der Waals surface area contributed by atoms with Gasteiger partial charge >= 0.3 is 6.09 Å². The van der Waals surface area contributed by atoms with Crippen molar-refractivity contribution in [1.29, 1.82) is 0 Å². The fourth-order valence-electron chi connectivity index (χ4n) is 3.01. The van der Waals surface area contributed by atoms with Crippen LogP contribution in [0.3, 0.4) is 0 Å². The third-order valence-corrected chi connectivity index (χ3v) is 4.24. The maximum Gasteiger partial charge on any atom is 0.408 e. The average molecular weight is 397 g/mol. The summed E-state index contributed by atoms with van der Waals surface area (Å²) in [5.41, 5.74) is 1.83. The van der Waals surface area contributed by atoms with Crippen molar-refractivity contribution in [2.75, 3.05) is 5.32 Å². The highest BCUT2D eigenvalue weighted by atomic mass is 19.1. The lowest BCUT2D eigenvalue weighted by molar-refractivity contribution is -0.115. The van der Waals surface area contributed by atoms with Crippen LogP contribution in [0.5, 0.6) is 0 Å². The maximum atomic E-state index is 13.8. The molecule has 2 heterocycles. The summed E-state index contributed by atoms with van der Waals surface area (Å²) in [5, 5.41) is 5.60. The number of ether oxygens (including phenoxy) is 1. The van der Waals surface area contributed by atoms with Gasteiger partial charge in [-0.25, -0.2) is 9.18 Å². The Labute approximate surface area is 169 Å². The number of rotatable bonds is 1. The molecular weight excluding hydrogens is 373 g/mol. The van der Waals surface area contributed by atoms with Gasteiger partial charge in [0.1, 0.15) is 11.4 Å². The highest BCUT2D eigenvalue weighted by Crippen LogP contribution is 2.31. The van der Waals surface area contributed by atoms with Crippen LogP contribution < -0.4 is 10.6 Å². The van der Waals surface area contributed by atoms with Crippen molar-refractivity contribution >= 4 is 17.7 Å². The predicted octanol–water partition coefficient (Wildman–Crippen LogP) is 4.74. The molecule has 1 aromatic carbocycles. The molecule has 0 unspecified atom stereocenters. The van der Waals surface area contributed by atoms with Crippen molar-refractivity contribution in [2.24, 2.45) is 0 Å². The molecule has 0 radical (unpaired) electrons. The monoisotopic (exact) mass is 397 g/mol. The normalized spacial score (nSPS) is 16.7.